The summed E-state index contributed by atoms with van der Waals surface area (Å²) in [6.45, 7) is 11.5. The second-order valence-corrected chi connectivity index (χ2v) is 10.7. The SMILES string of the molecule is CC(C)(C)[Si](C)(C)OCC#CC1(O)CC1. The molecule has 0 spiro atoms. The first-order chi connectivity index (χ1) is 6.66. The fraction of sp³-hybridized carbons (Fsp3) is 0.833. The van der Waals surface area contributed by atoms with Crippen molar-refractivity contribution in [3.8, 4) is 11.8 Å². The van der Waals surface area contributed by atoms with Gasteiger partial charge in [0.1, 0.15) is 5.60 Å². The van der Waals surface area contributed by atoms with E-state index in [1.54, 1.807) is 0 Å². The molecule has 0 atom stereocenters. The van der Waals surface area contributed by atoms with Crippen LogP contribution >= 0.6 is 0 Å². The zero-order chi connectivity index (χ0) is 11.7. The number of rotatable bonds is 2. The predicted octanol–water partition coefficient (Wildman–Crippen LogP) is 2.54. The molecule has 1 saturated carbocycles. The maximum absolute atomic E-state index is 9.50. The van der Waals surface area contributed by atoms with Crippen LogP contribution in [-0.2, 0) is 4.43 Å². The van der Waals surface area contributed by atoms with Gasteiger partial charge in [-0.3, -0.25) is 0 Å². The molecule has 15 heavy (non-hydrogen) atoms. The molecule has 0 aromatic carbocycles. The average molecular weight is 226 g/mol. The molecule has 1 fully saturated rings. The Morgan fingerprint density at radius 2 is 1.87 bits per heavy atom. The van der Waals surface area contributed by atoms with Crippen LogP contribution in [0.5, 0.6) is 0 Å². The number of hydrogen-bond acceptors (Lipinski definition) is 2. The van der Waals surface area contributed by atoms with E-state index in [4.69, 9.17) is 4.43 Å². The van der Waals surface area contributed by atoms with Crippen LogP contribution in [0.15, 0.2) is 0 Å². The van der Waals surface area contributed by atoms with Crippen molar-refractivity contribution < 1.29 is 9.53 Å². The predicted molar refractivity (Wildman–Crippen MR) is 65.1 cm³/mol. The molecular formula is C12H22O2Si. The standard InChI is InChI=1S/C12H22O2Si/c1-11(2,3)15(4,5)14-10-6-7-12(13)8-9-12/h13H,8-10H2,1-5H3. The van der Waals surface area contributed by atoms with Gasteiger partial charge in [0, 0.05) is 0 Å². The fourth-order valence-electron chi connectivity index (χ4n) is 0.877. The molecule has 0 aromatic rings. The maximum atomic E-state index is 9.50. The molecule has 2 nitrogen and oxygen atoms in total. The van der Waals surface area contributed by atoms with Gasteiger partial charge in [-0.15, -0.1) is 0 Å². The molecule has 0 unspecified atom stereocenters. The molecule has 0 heterocycles. The van der Waals surface area contributed by atoms with Gasteiger partial charge in [-0.1, -0.05) is 32.6 Å². The van der Waals surface area contributed by atoms with E-state index in [9.17, 15) is 5.11 Å². The smallest absolute Gasteiger partial charge is 0.193 e. The zero-order valence-electron chi connectivity index (χ0n) is 10.5. The van der Waals surface area contributed by atoms with Crippen LogP contribution in [0.25, 0.3) is 0 Å². The van der Waals surface area contributed by atoms with Crippen molar-refractivity contribution in [3.05, 3.63) is 0 Å². The van der Waals surface area contributed by atoms with Crippen molar-refractivity contribution in [1.82, 2.24) is 0 Å². The van der Waals surface area contributed by atoms with E-state index >= 15 is 0 Å². The minimum atomic E-state index is -1.66. The zero-order valence-corrected chi connectivity index (χ0v) is 11.5. The Balaban J connectivity index is 2.39. The third-order valence-corrected chi connectivity index (χ3v) is 7.83. The lowest BCUT2D eigenvalue weighted by Gasteiger charge is -2.35. The molecule has 3 heteroatoms. The van der Waals surface area contributed by atoms with Gasteiger partial charge in [-0.2, -0.15) is 0 Å². The summed E-state index contributed by atoms with van der Waals surface area (Å²) in [6.07, 6.45) is 1.64. The summed E-state index contributed by atoms with van der Waals surface area (Å²) in [5, 5.41) is 9.73. The Bertz CT molecular complexity index is 287. The van der Waals surface area contributed by atoms with Crippen LogP contribution in [-0.4, -0.2) is 25.6 Å². The summed E-state index contributed by atoms with van der Waals surface area (Å²) < 4.78 is 5.87. The van der Waals surface area contributed by atoms with Crippen LogP contribution in [0.4, 0.5) is 0 Å². The highest BCUT2D eigenvalue weighted by atomic mass is 28.4. The lowest BCUT2D eigenvalue weighted by atomic mass is 10.2. The van der Waals surface area contributed by atoms with Gasteiger partial charge in [0.2, 0.25) is 0 Å². The normalized spacial score (nSPS) is 19.3. The van der Waals surface area contributed by atoms with Crippen LogP contribution < -0.4 is 0 Å². The Kier molecular flexibility index (Phi) is 3.35. The van der Waals surface area contributed by atoms with Crippen LogP contribution in [0.3, 0.4) is 0 Å². The first-order valence-corrected chi connectivity index (χ1v) is 8.44. The Morgan fingerprint density at radius 1 is 1.33 bits per heavy atom. The summed E-state index contributed by atoms with van der Waals surface area (Å²) >= 11 is 0. The fourth-order valence-corrected chi connectivity index (χ4v) is 1.74. The van der Waals surface area contributed by atoms with Gasteiger partial charge < -0.3 is 9.53 Å². The molecule has 0 aliphatic heterocycles. The van der Waals surface area contributed by atoms with E-state index in [1.807, 2.05) is 0 Å². The van der Waals surface area contributed by atoms with E-state index in [-0.39, 0.29) is 5.04 Å². The molecule has 1 N–H and O–H groups in total. The second kappa shape index (κ2) is 3.93. The van der Waals surface area contributed by atoms with E-state index < -0.39 is 13.9 Å². The van der Waals surface area contributed by atoms with Gasteiger partial charge >= 0.3 is 0 Å². The van der Waals surface area contributed by atoms with Gasteiger partial charge in [-0.05, 0) is 31.0 Å². The van der Waals surface area contributed by atoms with Crippen molar-refractivity contribution in [3.63, 3.8) is 0 Å². The molecule has 0 aromatic heterocycles. The molecule has 1 rings (SSSR count). The first kappa shape index (κ1) is 12.8. The van der Waals surface area contributed by atoms with Gasteiger partial charge in [0.05, 0.1) is 6.61 Å². The largest absolute Gasteiger partial charge is 0.406 e. The van der Waals surface area contributed by atoms with Crippen molar-refractivity contribution in [1.29, 1.82) is 0 Å². The van der Waals surface area contributed by atoms with Gasteiger partial charge in [-0.25, -0.2) is 0 Å². The Labute approximate surface area is 94.2 Å². The van der Waals surface area contributed by atoms with E-state index in [0.29, 0.717) is 6.61 Å². The topological polar surface area (TPSA) is 29.5 Å². The van der Waals surface area contributed by atoms with Gasteiger partial charge in [0.25, 0.3) is 0 Å². The molecule has 1 aliphatic rings. The highest BCUT2D eigenvalue weighted by Crippen LogP contribution is 2.36. The number of aliphatic hydroxyl groups is 1. The quantitative estimate of drug-likeness (QED) is 0.579. The van der Waals surface area contributed by atoms with Crippen molar-refractivity contribution in [2.24, 2.45) is 0 Å². The highest BCUT2D eigenvalue weighted by molar-refractivity contribution is 6.74. The summed E-state index contributed by atoms with van der Waals surface area (Å²) in [5.41, 5.74) is -0.670. The van der Waals surface area contributed by atoms with Crippen LogP contribution in [0.2, 0.25) is 18.1 Å². The summed E-state index contributed by atoms with van der Waals surface area (Å²) in [6, 6.07) is 0. The maximum Gasteiger partial charge on any atom is 0.193 e. The van der Waals surface area contributed by atoms with Crippen LogP contribution in [0.1, 0.15) is 33.6 Å². The van der Waals surface area contributed by atoms with Crippen LogP contribution in [0, 0.1) is 11.8 Å². The van der Waals surface area contributed by atoms with E-state index in [2.05, 4.69) is 45.7 Å². The van der Waals surface area contributed by atoms with E-state index in [1.165, 1.54) is 0 Å². The Morgan fingerprint density at radius 3 is 2.27 bits per heavy atom. The third kappa shape index (κ3) is 3.64. The molecular weight excluding hydrogens is 204 g/mol. The van der Waals surface area contributed by atoms with Crippen molar-refractivity contribution in [2.75, 3.05) is 6.61 Å². The minimum absolute atomic E-state index is 0.227. The number of hydrogen-bond donors (Lipinski definition) is 1. The molecule has 0 amide bonds. The Hall–Kier alpha value is -0.303. The van der Waals surface area contributed by atoms with Gasteiger partial charge in [0.15, 0.2) is 8.32 Å². The summed E-state index contributed by atoms with van der Waals surface area (Å²) in [7, 11) is -1.66. The molecule has 0 radical (unpaired) electrons. The molecule has 1 aliphatic carbocycles. The second-order valence-electron chi connectivity index (χ2n) is 5.88. The first-order valence-electron chi connectivity index (χ1n) is 5.53. The van der Waals surface area contributed by atoms with Crippen molar-refractivity contribution >= 4 is 8.32 Å². The lowest BCUT2D eigenvalue weighted by molar-refractivity contribution is 0.211. The van der Waals surface area contributed by atoms with E-state index in [0.717, 1.165) is 12.8 Å². The summed E-state index contributed by atoms with van der Waals surface area (Å²) in [4.78, 5) is 0. The minimum Gasteiger partial charge on any atom is -0.406 e. The highest BCUT2D eigenvalue weighted by Gasteiger charge is 2.39. The average Bonchev–Trinajstić information content (AvgIpc) is 2.76. The molecule has 0 saturated heterocycles. The lowest BCUT2D eigenvalue weighted by Crippen LogP contribution is -2.40. The van der Waals surface area contributed by atoms with Crippen molar-refractivity contribution in [2.45, 2.75) is 57.3 Å². The monoisotopic (exact) mass is 226 g/mol. The molecule has 86 valence electrons. The molecule has 0 bridgehead atoms. The third-order valence-electron chi connectivity index (χ3n) is 3.36. The summed E-state index contributed by atoms with van der Waals surface area (Å²) in [5.74, 6) is 5.79.